The van der Waals surface area contributed by atoms with Crippen LogP contribution < -0.4 is 0 Å². The number of carbonyl (C=O) groups is 1. The monoisotopic (exact) mass is 340 g/mol. The standard InChI is InChI=1S/C19H20N2O2S/c1-12-9-13(2)11-21(10-12)19(22)16-8-7-15(23-16)18-20-14-5-3-4-6-17(14)24-18/h3-8,12-13H,9-11H2,1-2H3. The molecule has 0 N–H and O–H groups in total. The van der Waals surface area contributed by atoms with Gasteiger partial charge in [-0.3, -0.25) is 4.79 Å². The lowest BCUT2D eigenvalue weighted by atomic mass is 9.92. The Kier molecular flexibility index (Phi) is 3.88. The van der Waals surface area contributed by atoms with Gasteiger partial charge in [-0.05, 0) is 42.5 Å². The molecule has 3 aromatic rings. The highest BCUT2D eigenvalue weighted by Gasteiger charge is 2.28. The number of hydrogen-bond acceptors (Lipinski definition) is 4. The highest BCUT2D eigenvalue weighted by molar-refractivity contribution is 7.21. The molecule has 1 aliphatic heterocycles. The van der Waals surface area contributed by atoms with Gasteiger partial charge in [0.15, 0.2) is 16.5 Å². The van der Waals surface area contributed by atoms with Crippen molar-refractivity contribution < 1.29 is 9.21 Å². The summed E-state index contributed by atoms with van der Waals surface area (Å²) in [5.74, 6) is 2.14. The fraction of sp³-hybridized carbons (Fsp3) is 0.368. The zero-order valence-electron chi connectivity index (χ0n) is 13.9. The summed E-state index contributed by atoms with van der Waals surface area (Å²) in [6.07, 6.45) is 1.18. The number of nitrogens with zero attached hydrogens (tertiary/aromatic N) is 2. The summed E-state index contributed by atoms with van der Waals surface area (Å²) in [4.78, 5) is 19.2. The van der Waals surface area contributed by atoms with Crippen molar-refractivity contribution in [2.75, 3.05) is 13.1 Å². The number of rotatable bonds is 2. The minimum Gasteiger partial charge on any atom is -0.448 e. The first-order valence-corrected chi connectivity index (χ1v) is 9.17. The van der Waals surface area contributed by atoms with Crippen molar-refractivity contribution >= 4 is 27.5 Å². The first-order chi connectivity index (χ1) is 11.6. The summed E-state index contributed by atoms with van der Waals surface area (Å²) in [7, 11) is 0. The Morgan fingerprint density at radius 3 is 2.67 bits per heavy atom. The van der Waals surface area contributed by atoms with E-state index in [0.29, 0.717) is 23.4 Å². The van der Waals surface area contributed by atoms with Gasteiger partial charge in [0.2, 0.25) is 0 Å². The fourth-order valence-electron chi connectivity index (χ4n) is 3.53. The minimum atomic E-state index is -0.0132. The molecule has 5 heteroatoms. The third-order valence-corrected chi connectivity index (χ3v) is 5.53. The Morgan fingerprint density at radius 1 is 1.17 bits per heavy atom. The molecular formula is C19H20N2O2S. The van der Waals surface area contributed by atoms with Gasteiger partial charge in [0, 0.05) is 13.1 Å². The average Bonchev–Trinajstić information content (AvgIpc) is 3.19. The van der Waals surface area contributed by atoms with Crippen LogP contribution in [0.25, 0.3) is 21.0 Å². The van der Waals surface area contributed by atoms with Crippen molar-refractivity contribution in [2.45, 2.75) is 20.3 Å². The first-order valence-electron chi connectivity index (χ1n) is 8.35. The van der Waals surface area contributed by atoms with Crippen LogP contribution in [0.5, 0.6) is 0 Å². The number of hydrogen-bond donors (Lipinski definition) is 0. The molecule has 24 heavy (non-hydrogen) atoms. The van der Waals surface area contributed by atoms with Gasteiger partial charge in [-0.2, -0.15) is 0 Å². The summed E-state index contributed by atoms with van der Waals surface area (Å²) in [5, 5.41) is 0.815. The van der Waals surface area contributed by atoms with Gasteiger partial charge in [0.25, 0.3) is 5.91 Å². The third kappa shape index (κ3) is 2.84. The van der Waals surface area contributed by atoms with Crippen molar-refractivity contribution in [2.24, 2.45) is 11.8 Å². The number of aromatic nitrogens is 1. The second-order valence-corrected chi connectivity index (χ2v) is 7.84. The number of furan rings is 1. The maximum absolute atomic E-state index is 12.7. The number of piperidine rings is 1. The molecular weight excluding hydrogens is 320 g/mol. The van der Waals surface area contributed by atoms with Gasteiger partial charge in [-0.1, -0.05) is 26.0 Å². The molecule has 0 radical (unpaired) electrons. The van der Waals surface area contributed by atoms with Gasteiger partial charge in [0.1, 0.15) is 0 Å². The van der Waals surface area contributed by atoms with Crippen molar-refractivity contribution in [3.05, 3.63) is 42.2 Å². The Bertz CT molecular complexity index is 839. The van der Waals surface area contributed by atoms with Crippen LogP contribution in [-0.2, 0) is 0 Å². The predicted molar refractivity (Wildman–Crippen MR) is 96.2 cm³/mol. The predicted octanol–water partition coefficient (Wildman–Crippen LogP) is 4.67. The van der Waals surface area contributed by atoms with E-state index >= 15 is 0 Å². The third-order valence-electron chi connectivity index (χ3n) is 4.48. The van der Waals surface area contributed by atoms with Crippen molar-refractivity contribution in [3.8, 4) is 10.8 Å². The highest BCUT2D eigenvalue weighted by atomic mass is 32.1. The van der Waals surface area contributed by atoms with Crippen LogP contribution in [0.15, 0.2) is 40.8 Å². The SMILES string of the molecule is CC1CC(C)CN(C(=O)c2ccc(-c3nc4ccccc4s3)o2)C1. The van der Waals surface area contributed by atoms with Crippen LogP contribution in [0.1, 0.15) is 30.8 Å². The Balaban J connectivity index is 1.59. The second kappa shape index (κ2) is 6.06. The van der Waals surface area contributed by atoms with Gasteiger partial charge >= 0.3 is 0 Å². The summed E-state index contributed by atoms with van der Waals surface area (Å²) >= 11 is 1.58. The molecule has 0 saturated carbocycles. The number of thiazole rings is 1. The van der Waals surface area contributed by atoms with E-state index in [0.717, 1.165) is 28.3 Å². The zero-order chi connectivity index (χ0) is 16.7. The van der Waals surface area contributed by atoms with Crippen molar-refractivity contribution in [1.82, 2.24) is 9.88 Å². The van der Waals surface area contributed by atoms with Crippen LogP contribution in [0.2, 0.25) is 0 Å². The fourth-order valence-corrected chi connectivity index (χ4v) is 4.46. The topological polar surface area (TPSA) is 46.3 Å². The lowest BCUT2D eigenvalue weighted by Crippen LogP contribution is -2.42. The highest BCUT2D eigenvalue weighted by Crippen LogP contribution is 2.32. The molecule has 4 rings (SSSR count). The molecule has 0 spiro atoms. The van der Waals surface area contributed by atoms with E-state index < -0.39 is 0 Å². The Labute approximate surface area is 145 Å². The van der Waals surface area contributed by atoms with E-state index in [-0.39, 0.29) is 5.91 Å². The van der Waals surface area contributed by atoms with Gasteiger partial charge in [-0.15, -0.1) is 11.3 Å². The number of likely N-dealkylation sites (tertiary alicyclic amines) is 1. The number of fused-ring (bicyclic) bond motifs is 1. The minimum absolute atomic E-state index is 0.0132. The van der Waals surface area contributed by atoms with E-state index in [2.05, 4.69) is 18.8 Å². The van der Waals surface area contributed by atoms with Gasteiger partial charge < -0.3 is 9.32 Å². The van der Waals surface area contributed by atoms with E-state index in [1.54, 1.807) is 17.4 Å². The largest absolute Gasteiger partial charge is 0.448 e. The lowest BCUT2D eigenvalue weighted by molar-refractivity contribution is 0.0592. The van der Waals surface area contributed by atoms with Crippen molar-refractivity contribution in [3.63, 3.8) is 0 Å². The molecule has 1 aromatic carbocycles. The molecule has 1 fully saturated rings. The summed E-state index contributed by atoms with van der Waals surface area (Å²) in [6, 6.07) is 11.6. The van der Waals surface area contributed by atoms with Gasteiger partial charge in [0.05, 0.1) is 10.2 Å². The maximum atomic E-state index is 12.7. The maximum Gasteiger partial charge on any atom is 0.289 e. The molecule has 2 aromatic heterocycles. The van der Waals surface area contributed by atoms with Crippen LogP contribution in [0, 0.1) is 11.8 Å². The summed E-state index contributed by atoms with van der Waals surface area (Å²) in [5.41, 5.74) is 0.959. The molecule has 0 bridgehead atoms. The van der Waals surface area contributed by atoms with Crippen molar-refractivity contribution in [1.29, 1.82) is 0 Å². The molecule has 0 aliphatic carbocycles. The molecule has 4 nitrogen and oxygen atoms in total. The molecule has 1 aliphatic rings. The van der Waals surface area contributed by atoms with Crippen LogP contribution >= 0.6 is 11.3 Å². The van der Waals surface area contributed by atoms with E-state index in [1.807, 2.05) is 35.2 Å². The summed E-state index contributed by atoms with van der Waals surface area (Å²) < 4.78 is 6.96. The average molecular weight is 340 g/mol. The Hall–Kier alpha value is -2.14. The van der Waals surface area contributed by atoms with E-state index in [9.17, 15) is 4.79 Å². The zero-order valence-corrected chi connectivity index (χ0v) is 14.7. The normalized spacial score (nSPS) is 21.3. The first kappa shape index (κ1) is 15.4. The van der Waals surface area contributed by atoms with E-state index in [1.165, 1.54) is 6.42 Å². The second-order valence-electron chi connectivity index (χ2n) is 6.81. The smallest absolute Gasteiger partial charge is 0.289 e. The van der Waals surface area contributed by atoms with Gasteiger partial charge in [-0.25, -0.2) is 4.98 Å². The lowest BCUT2D eigenvalue weighted by Gasteiger charge is -2.34. The Morgan fingerprint density at radius 2 is 1.92 bits per heavy atom. The quantitative estimate of drug-likeness (QED) is 0.681. The molecule has 1 amide bonds. The number of para-hydroxylation sites is 1. The van der Waals surface area contributed by atoms with Crippen LogP contribution in [0.4, 0.5) is 0 Å². The molecule has 124 valence electrons. The van der Waals surface area contributed by atoms with Crippen LogP contribution in [-0.4, -0.2) is 28.9 Å². The number of carbonyl (C=O) groups excluding carboxylic acids is 1. The molecule has 1 saturated heterocycles. The number of benzene rings is 1. The molecule has 2 unspecified atom stereocenters. The summed E-state index contributed by atoms with van der Waals surface area (Å²) in [6.45, 7) is 6.01. The van der Waals surface area contributed by atoms with Crippen LogP contribution in [0.3, 0.4) is 0 Å². The van der Waals surface area contributed by atoms with E-state index in [4.69, 9.17) is 4.42 Å². The molecule has 2 atom stereocenters. The molecule has 3 heterocycles. The number of amides is 1.